The van der Waals surface area contributed by atoms with Crippen molar-refractivity contribution in [1.29, 1.82) is 0 Å². The lowest BCUT2D eigenvalue weighted by molar-refractivity contribution is -0.146. The Balaban J connectivity index is 1.47. The fourth-order valence-corrected chi connectivity index (χ4v) is 4.00. The van der Waals surface area contributed by atoms with Crippen molar-refractivity contribution in [3.8, 4) is 11.1 Å². The summed E-state index contributed by atoms with van der Waals surface area (Å²) in [6.07, 6.45) is -2.07. The van der Waals surface area contributed by atoms with E-state index in [-0.39, 0.29) is 12.5 Å². The van der Waals surface area contributed by atoms with Crippen LogP contribution in [0.2, 0.25) is 0 Å². The summed E-state index contributed by atoms with van der Waals surface area (Å²) < 4.78 is 10.2. The largest absolute Gasteiger partial charge is 0.467 e. The molecule has 0 saturated carbocycles. The number of carbonyl (C=O) groups is 2. The maximum absolute atomic E-state index is 12.5. The Morgan fingerprint density at radius 2 is 1.45 bits per heavy atom. The maximum Gasteiger partial charge on any atom is 0.407 e. The van der Waals surface area contributed by atoms with E-state index in [4.69, 9.17) is 9.47 Å². The molecule has 6 nitrogen and oxygen atoms in total. The van der Waals surface area contributed by atoms with Crippen molar-refractivity contribution < 1.29 is 24.2 Å². The van der Waals surface area contributed by atoms with E-state index in [0.29, 0.717) is 5.56 Å². The number of benzene rings is 3. The van der Waals surface area contributed by atoms with Gasteiger partial charge in [-0.1, -0.05) is 78.9 Å². The molecule has 0 spiro atoms. The number of rotatable bonds is 6. The van der Waals surface area contributed by atoms with Crippen LogP contribution in [0.5, 0.6) is 0 Å². The van der Waals surface area contributed by atoms with Crippen LogP contribution in [-0.4, -0.2) is 36.9 Å². The molecule has 0 aromatic heterocycles. The summed E-state index contributed by atoms with van der Waals surface area (Å²) >= 11 is 0. The Morgan fingerprint density at radius 3 is 2.03 bits per heavy atom. The molecule has 0 heterocycles. The van der Waals surface area contributed by atoms with E-state index < -0.39 is 24.2 Å². The van der Waals surface area contributed by atoms with E-state index in [0.717, 1.165) is 22.3 Å². The van der Waals surface area contributed by atoms with Crippen molar-refractivity contribution in [2.24, 2.45) is 0 Å². The molecule has 1 amide bonds. The van der Waals surface area contributed by atoms with Gasteiger partial charge in [0, 0.05) is 5.92 Å². The van der Waals surface area contributed by atoms with Gasteiger partial charge in [-0.15, -0.1) is 0 Å². The van der Waals surface area contributed by atoms with Crippen molar-refractivity contribution in [2.45, 2.75) is 18.1 Å². The second-order valence-electron chi connectivity index (χ2n) is 7.33. The number of methoxy groups -OCH3 is 1. The van der Waals surface area contributed by atoms with Gasteiger partial charge in [0.25, 0.3) is 0 Å². The number of aliphatic hydroxyl groups is 1. The molecule has 0 saturated heterocycles. The van der Waals surface area contributed by atoms with Crippen molar-refractivity contribution in [3.05, 3.63) is 95.6 Å². The lowest BCUT2D eigenvalue weighted by Crippen LogP contribution is -2.46. The number of esters is 1. The van der Waals surface area contributed by atoms with Crippen LogP contribution in [0.15, 0.2) is 78.9 Å². The van der Waals surface area contributed by atoms with Gasteiger partial charge in [-0.2, -0.15) is 0 Å². The number of nitrogens with one attached hydrogen (secondary N) is 1. The number of hydrogen-bond acceptors (Lipinski definition) is 5. The monoisotopic (exact) mass is 417 g/mol. The molecule has 158 valence electrons. The van der Waals surface area contributed by atoms with Gasteiger partial charge in [-0.05, 0) is 27.8 Å². The molecule has 6 heteroatoms. The van der Waals surface area contributed by atoms with Gasteiger partial charge < -0.3 is 19.9 Å². The maximum atomic E-state index is 12.5. The molecule has 31 heavy (non-hydrogen) atoms. The first kappa shape index (κ1) is 20.6. The van der Waals surface area contributed by atoms with Crippen molar-refractivity contribution in [3.63, 3.8) is 0 Å². The van der Waals surface area contributed by atoms with Crippen molar-refractivity contribution in [1.82, 2.24) is 5.32 Å². The van der Waals surface area contributed by atoms with E-state index in [1.807, 2.05) is 36.4 Å². The highest BCUT2D eigenvalue weighted by molar-refractivity contribution is 5.82. The number of carbonyl (C=O) groups excluding carboxylic acids is 2. The third-order valence-electron chi connectivity index (χ3n) is 5.53. The van der Waals surface area contributed by atoms with Gasteiger partial charge in [-0.25, -0.2) is 9.59 Å². The first-order chi connectivity index (χ1) is 15.1. The van der Waals surface area contributed by atoms with Gasteiger partial charge in [0.1, 0.15) is 12.7 Å². The second-order valence-corrected chi connectivity index (χ2v) is 7.33. The first-order valence-electron chi connectivity index (χ1n) is 10.0. The highest BCUT2D eigenvalue weighted by atomic mass is 16.6. The minimum atomic E-state index is -1.29. The third-order valence-corrected chi connectivity index (χ3v) is 5.53. The number of alkyl carbamates (subject to hydrolysis) is 1. The average Bonchev–Trinajstić information content (AvgIpc) is 3.14. The van der Waals surface area contributed by atoms with Crippen LogP contribution < -0.4 is 5.32 Å². The summed E-state index contributed by atoms with van der Waals surface area (Å²) in [7, 11) is 1.20. The van der Waals surface area contributed by atoms with Crippen LogP contribution in [0, 0.1) is 0 Å². The standard InChI is InChI=1S/C25H23NO5/c1-30-24(28)22(23(27)16-9-3-2-4-10-16)26-25(29)31-15-21-19-13-7-5-11-17(19)18-12-6-8-14-20(18)21/h2-14,21-23,27H,15H2,1H3,(H,26,29)/t22-,23+/m0/s1. The molecule has 1 aliphatic rings. The zero-order chi connectivity index (χ0) is 21.8. The Bertz CT molecular complexity index is 1040. The average molecular weight is 417 g/mol. The fraction of sp³-hybridized carbons (Fsp3) is 0.200. The summed E-state index contributed by atoms with van der Waals surface area (Å²) in [4.78, 5) is 24.7. The summed E-state index contributed by atoms with van der Waals surface area (Å²) in [6.45, 7) is 0.106. The van der Waals surface area contributed by atoms with E-state index in [1.165, 1.54) is 7.11 Å². The quantitative estimate of drug-likeness (QED) is 0.596. The molecular weight excluding hydrogens is 394 g/mol. The molecule has 2 N–H and O–H groups in total. The molecule has 3 aromatic rings. The van der Waals surface area contributed by atoms with Crippen LogP contribution in [0.25, 0.3) is 11.1 Å². The molecule has 0 aliphatic heterocycles. The molecule has 4 rings (SSSR count). The van der Waals surface area contributed by atoms with Gasteiger partial charge in [0.2, 0.25) is 0 Å². The molecule has 0 bridgehead atoms. The number of amides is 1. The van der Waals surface area contributed by atoms with E-state index in [1.54, 1.807) is 30.3 Å². The van der Waals surface area contributed by atoms with Crippen LogP contribution in [0.4, 0.5) is 4.79 Å². The SMILES string of the molecule is COC(=O)[C@@H](NC(=O)OCC1c2ccccc2-c2ccccc21)[C@H](O)c1ccccc1. The van der Waals surface area contributed by atoms with E-state index in [2.05, 4.69) is 17.4 Å². The predicted molar refractivity (Wildman–Crippen MR) is 115 cm³/mol. The van der Waals surface area contributed by atoms with Crippen molar-refractivity contribution >= 4 is 12.1 Å². The molecule has 1 aliphatic carbocycles. The first-order valence-corrected chi connectivity index (χ1v) is 10.0. The van der Waals surface area contributed by atoms with Crippen LogP contribution in [-0.2, 0) is 14.3 Å². The summed E-state index contributed by atoms with van der Waals surface area (Å²) in [5.41, 5.74) is 4.91. The number of ether oxygens (including phenoxy) is 2. The van der Waals surface area contributed by atoms with E-state index >= 15 is 0 Å². The Kier molecular flexibility index (Phi) is 6.00. The van der Waals surface area contributed by atoms with Crippen LogP contribution in [0.1, 0.15) is 28.7 Å². The zero-order valence-corrected chi connectivity index (χ0v) is 17.0. The van der Waals surface area contributed by atoms with E-state index in [9.17, 15) is 14.7 Å². The lowest BCUT2D eigenvalue weighted by Gasteiger charge is -2.22. The minimum absolute atomic E-state index is 0.103. The van der Waals surface area contributed by atoms with Crippen LogP contribution in [0.3, 0.4) is 0 Å². The molecule has 3 aromatic carbocycles. The molecule has 0 radical (unpaired) electrons. The second kappa shape index (κ2) is 9.02. The summed E-state index contributed by atoms with van der Waals surface area (Å²) in [6, 6.07) is 23.4. The predicted octanol–water partition coefficient (Wildman–Crippen LogP) is 3.80. The highest BCUT2D eigenvalue weighted by Crippen LogP contribution is 2.44. The normalized spacial score (nSPS) is 14.1. The van der Waals surface area contributed by atoms with Gasteiger partial charge >= 0.3 is 12.1 Å². The summed E-state index contributed by atoms with van der Waals surface area (Å²) in [5, 5.41) is 13.1. The summed E-state index contributed by atoms with van der Waals surface area (Å²) in [5.74, 6) is -0.862. The number of aliphatic hydroxyl groups excluding tert-OH is 1. The highest BCUT2D eigenvalue weighted by Gasteiger charge is 2.33. The van der Waals surface area contributed by atoms with Gasteiger partial charge in [-0.3, -0.25) is 0 Å². The zero-order valence-electron chi connectivity index (χ0n) is 17.0. The van der Waals surface area contributed by atoms with Gasteiger partial charge in [0.05, 0.1) is 7.11 Å². The topological polar surface area (TPSA) is 84.9 Å². The lowest BCUT2D eigenvalue weighted by atomic mass is 9.98. The molecule has 2 atom stereocenters. The smallest absolute Gasteiger partial charge is 0.407 e. The Morgan fingerprint density at radius 1 is 0.903 bits per heavy atom. The third kappa shape index (κ3) is 4.15. The Hall–Kier alpha value is -3.64. The van der Waals surface area contributed by atoms with Gasteiger partial charge in [0.15, 0.2) is 6.04 Å². The number of hydrogen-bond donors (Lipinski definition) is 2. The molecular formula is C25H23NO5. The molecule has 0 unspecified atom stereocenters. The number of fused-ring (bicyclic) bond motifs is 3. The molecule has 0 fully saturated rings. The Labute approximate surface area is 180 Å². The fourth-order valence-electron chi connectivity index (χ4n) is 4.00. The minimum Gasteiger partial charge on any atom is -0.467 e. The van der Waals surface area contributed by atoms with Crippen LogP contribution >= 0.6 is 0 Å². The van der Waals surface area contributed by atoms with Crippen molar-refractivity contribution in [2.75, 3.05) is 13.7 Å².